The lowest BCUT2D eigenvalue weighted by atomic mass is 10.1. The smallest absolute Gasteiger partial charge is 0.344 e. The van der Waals surface area contributed by atoms with E-state index in [2.05, 4.69) is 5.32 Å². The van der Waals surface area contributed by atoms with Crippen molar-refractivity contribution in [2.75, 3.05) is 25.6 Å². The number of carbonyl (C=O) groups is 4. The molecule has 0 aromatic heterocycles. The van der Waals surface area contributed by atoms with Gasteiger partial charge < -0.3 is 14.8 Å². The minimum absolute atomic E-state index is 0.204. The number of rotatable bonds is 6. The highest BCUT2D eigenvalue weighted by Crippen LogP contribution is 2.25. The van der Waals surface area contributed by atoms with Crippen molar-refractivity contribution in [1.29, 1.82) is 0 Å². The van der Waals surface area contributed by atoms with Crippen LogP contribution in [0.1, 0.15) is 20.7 Å². The Morgan fingerprint density at radius 3 is 2.50 bits per heavy atom. The van der Waals surface area contributed by atoms with Crippen LogP contribution in [0.3, 0.4) is 0 Å². The molecule has 1 aliphatic rings. The van der Waals surface area contributed by atoms with E-state index in [-0.39, 0.29) is 11.1 Å². The summed E-state index contributed by atoms with van der Waals surface area (Å²) in [6.07, 6.45) is 0. The summed E-state index contributed by atoms with van der Waals surface area (Å²) in [5.74, 6) is -1.86. The summed E-state index contributed by atoms with van der Waals surface area (Å²) in [7, 11) is 1.38. The van der Waals surface area contributed by atoms with Gasteiger partial charge in [0, 0.05) is 12.7 Å². The zero-order valence-electron chi connectivity index (χ0n) is 14.7. The van der Waals surface area contributed by atoms with Crippen LogP contribution in [0.2, 0.25) is 5.02 Å². The third kappa shape index (κ3) is 4.12. The molecule has 9 heteroatoms. The number of esters is 1. The summed E-state index contributed by atoms with van der Waals surface area (Å²) < 4.78 is 10.1. The van der Waals surface area contributed by atoms with Crippen molar-refractivity contribution in [3.8, 4) is 5.75 Å². The fraction of sp³-hybridized carbons (Fsp3) is 0.158. The maximum absolute atomic E-state index is 12.0. The molecule has 2 aromatic carbocycles. The summed E-state index contributed by atoms with van der Waals surface area (Å²) in [5.41, 5.74) is 0.785. The van der Waals surface area contributed by atoms with Gasteiger partial charge in [0.25, 0.3) is 17.7 Å². The number of ether oxygens (including phenoxy) is 2. The molecule has 0 unspecified atom stereocenters. The molecule has 0 saturated heterocycles. The lowest BCUT2D eigenvalue weighted by Crippen LogP contribution is -2.24. The number of benzene rings is 2. The number of para-hydroxylation sites is 1. The summed E-state index contributed by atoms with van der Waals surface area (Å²) >= 11 is 5.90. The molecule has 3 amide bonds. The molecular formula is C19H15ClN2O6. The van der Waals surface area contributed by atoms with E-state index in [1.807, 2.05) is 0 Å². The number of nitrogens with zero attached hydrogens (tertiary/aromatic N) is 1. The van der Waals surface area contributed by atoms with Crippen molar-refractivity contribution < 1.29 is 28.7 Å². The topological polar surface area (TPSA) is 102 Å². The van der Waals surface area contributed by atoms with Gasteiger partial charge in [-0.05, 0) is 30.3 Å². The van der Waals surface area contributed by atoms with Gasteiger partial charge in [-0.25, -0.2) is 4.79 Å². The third-order valence-corrected chi connectivity index (χ3v) is 4.23. The van der Waals surface area contributed by atoms with Crippen molar-refractivity contribution >= 4 is 41.0 Å². The molecule has 1 aliphatic heterocycles. The number of fused-ring (bicyclic) bond motifs is 1. The summed E-state index contributed by atoms with van der Waals surface area (Å²) in [6.45, 7) is -0.937. The van der Waals surface area contributed by atoms with E-state index in [9.17, 15) is 19.2 Å². The van der Waals surface area contributed by atoms with Crippen LogP contribution in [-0.4, -0.2) is 48.9 Å². The summed E-state index contributed by atoms with van der Waals surface area (Å²) in [6, 6.07) is 11.0. The number of hydrogen-bond donors (Lipinski definition) is 1. The van der Waals surface area contributed by atoms with Crippen LogP contribution >= 0.6 is 11.6 Å². The quantitative estimate of drug-likeness (QED) is 0.586. The Morgan fingerprint density at radius 2 is 1.75 bits per heavy atom. The van der Waals surface area contributed by atoms with Crippen molar-refractivity contribution in [1.82, 2.24) is 4.90 Å². The van der Waals surface area contributed by atoms with Gasteiger partial charge in [-0.15, -0.1) is 0 Å². The molecular weight excluding hydrogens is 388 g/mol. The van der Waals surface area contributed by atoms with E-state index in [1.54, 1.807) is 24.3 Å². The molecule has 0 saturated carbocycles. The van der Waals surface area contributed by atoms with Gasteiger partial charge in [0.1, 0.15) is 5.75 Å². The average molecular weight is 403 g/mol. The molecule has 0 spiro atoms. The minimum Gasteiger partial charge on any atom is -0.480 e. The van der Waals surface area contributed by atoms with Gasteiger partial charge in [-0.1, -0.05) is 23.7 Å². The lowest BCUT2D eigenvalue weighted by molar-refractivity contribution is -0.149. The minimum atomic E-state index is -0.744. The van der Waals surface area contributed by atoms with Gasteiger partial charge in [-0.3, -0.25) is 19.3 Å². The van der Waals surface area contributed by atoms with Crippen LogP contribution in [0.5, 0.6) is 5.75 Å². The highest BCUT2D eigenvalue weighted by molar-refractivity contribution is 6.32. The predicted molar refractivity (Wildman–Crippen MR) is 99.4 cm³/mol. The van der Waals surface area contributed by atoms with Crippen LogP contribution in [0.4, 0.5) is 5.69 Å². The summed E-state index contributed by atoms with van der Waals surface area (Å²) in [5, 5.41) is 2.85. The van der Waals surface area contributed by atoms with Crippen LogP contribution in [-0.2, 0) is 14.3 Å². The second kappa shape index (κ2) is 8.10. The number of hydrogen-bond acceptors (Lipinski definition) is 6. The molecule has 28 heavy (non-hydrogen) atoms. The molecule has 1 N–H and O–H groups in total. The Balaban J connectivity index is 1.50. The molecule has 0 aliphatic carbocycles. The Bertz CT molecular complexity index is 975. The van der Waals surface area contributed by atoms with Gasteiger partial charge in [-0.2, -0.15) is 0 Å². The molecule has 0 bridgehead atoms. The van der Waals surface area contributed by atoms with Crippen molar-refractivity contribution in [3.05, 3.63) is 58.6 Å². The molecule has 0 radical (unpaired) electrons. The number of nitrogens with one attached hydrogen (secondary N) is 1. The van der Waals surface area contributed by atoms with Crippen molar-refractivity contribution in [2.45, 2.75) is 0 Å². The first kappa shape index (κ1) is 19.4. The molecule has 2 aromatic rings. The predicted octanol–water partition coefficient (Wildman–Crippen LogP) is 2.13. The summed E-state index contributed by atoms with van der Waals surface area (Å²) in [4.78, 5) is 48.5. The second-order valence-corrected chi connectivity index (χ2v) is 6.26. The number of amides is 3. The first-order valence-corrected chi connectivity index (χ1v) is 8.54. The molecule has 3 rings (SSSR count). The fourth-order valence-electron chi connectivity index (χ4n) is 2.52. The van der Waals surface area contributed by atoms with Crippen molar-refractivity contribution in [2.24, 2.45) is 0 Å². The lowest BCUT2D eigenvalue weighted by Gasteiger charge is -2.09. The Hall–Kier alpha value is -3.39. The number of halogens is 1. The van der Waals surface area contributed by atoms with E-state index in [0.29, 0.717) is 16.5 Å². The first-order valence-electron chi connectivity index (χ1n) is 8.16. The van der Waals surface area contributed by atoms with Crippen molar-refractivity contribution in [3.63, 3.8) is 0 Å². The fourth-order valence-corrected chi connectivity index (χ4v) is 2.71. The van der Waals surface area contributed by atoms with Crippen LogP contribution in [0.15, 0.2) is 42.5 Å². The Labute approximate surface area is 165 Å². The standard InChI is InChI=1S/C19H15ClN2O6/c1-22-18(25)12-7-6-11(8-13(12)19(22)26)21-16(23)9-28-17(24)10-27-15-5-3-2-4-14(15)20/h2-8H,9-10H2,1H3,(H,21,23). The van der Waals surface area contributed by atoms with E-state index < -0.39 is 36.9 Å². The largest absolute Gasteiger partial charge is 0.480 e. The van der Waals surface area contributed by atoms with E-state index in [4.69, 9.17) is 21.1 Å². The van der Waals surface area contributed by atoms with Crippen LogP contribution < -0.4 is 10.1 Å². The SMILES string of the molecule is CN1C(=O)c2ccc(NC(=O)COC(=O)COc3ccccc3Cl)cc2C1=O. The first-order chi connectivity index (χ1) is 13.4. The third-order valence-electron chi connectivity index (χ3n) is 3.92. The van der Waals surface area contributed by atoms with Gasteiger partial charge in [0.15, 0.2) is 13.2 Å². The second-order valence-electron chi connectivity index (χ2n) is 5.86. The zero-order chi connectivity index (χ0) is 20.3. The molecule has 8 nitrogen and oxygen atoms in total. The Morgan fingerprint density at radius 1 is 1.04 bits per heavy atom. The average Bonchev–Trinajstić information content (AvgIpc) is 2.90. The number of anilines is 1. The molecule has 144 valence electrons. The molecule has 0 atom stereocenters. The highest BCUT2D eigenvalue weighted by atomic mass is 35.5. The normalized spacial score (nSPS) is 12.6. The van der Waals surface area contributed by atoms with E-state index in [1.165, 1.54) is 25.2 Å². The van der Waals surface area contributed by atoms with E-state index >= 15 is 0 Å². The van der Waals surface area contributed by atoms with Crippen LogP contribution in [0, 0.1) is 0 Å². The maximum atomic E-state index is 12.0. The zero-order valence-corrected chi connectivity index (χ0v) is 15.5. The monoisotopic (exact) mass is 402 g/mol. The number of carbonyl (C=O) groups excluding carboxylic acids is 4. The van der Waals surface area contributed by atoms with Crippen LogP contribution in [0.25, 0.3) is 0 Å². The highest BCUT2D eigenvalue weighted by Gasteiger charge is 2.32. The Kier molecular flexibility index (Phi) is 5.60. The molecule has 1 heterocycles. The van der Waals surface area contributed by atoms with Gasteiger partial charge in [0.2, 0.25) is 0 Å². The maximum Gasteiger partial charge on any atom is 0.344 e. The van der Waals surface area contributed by atoms with Gasteiger partial charge in [0.05, 0.1) is 16.1 Å². The number of imide groups is 1. The van der Waals surface area contributed by atoms with Gasteiger partial charge >= 0.3 is 5.97 Å². The van der Waals surface area contributed by atoms with E-state index in [0.717, 1.165) is 4.90 Å². The molecule has 0 fully saturated rings.